The zero-order chi connectivity index (χ0) is 14.7. The number of pyridine rings is 1. The molecule has 1 unspecified atom stereocenters. The average molecular weight is 282 g/mol. The lowest BCUT2D eigenvalue weighted by atomic mass is 9.86. The van der Waals surface area contributed by atoms with Gasteiger partial charge in [0.2, 0.25) is 0 Å². The van der Waals surface area contributed by atoms with E-state index in [9.17, 15) is 9.90 Å². The molecule has 0 saturated carbocycles. The molecule has 1 aliphatic heterocycles. The first kappa shape index (κ1) is 13.8. The highest BCUT2D eigenvalue weighted by Crippen LogP contribution is 2.30. The lowest BCUT2D eigenvalue weighted by molar-refractivity contribution is -0.137. The molecular weight excluding hydrogens is 264 g/mol. The fourth-order valence-corrected chi connectivity index (χ4v) is 2.92. The van der Waals surface area contributed by atoms with Crippen molar-refractivity contribution in [2.75, 3.05) is 6.54 Å². The van der Waals surface area contributed by atoms with E-state index >= 15 is 0 Å². The zero-order valence-corrected chi connectivity index (χ0v) is 11.7. The first-order valence-electron chi connectivity index (χ1n) is 7.18. The first-order valence-corrected chi connectivity index (χ1v) is 7.18. The Morgan fingerprint density at radius 1 is 1.19 bits per heavy atom. The number of rotatable bonds is 4. The SMILES string of the molecule is O=C(O)CC(c1ccncc1)c1ccc2c(c1)CNCC2. The molecule has 0 spiro atoms. The quantitative estimate of drug-likeness (QED) is 0.903. The van der Waals surface area contributed by atoms with Crippen LogP contribution in [0.1, 0.15) is 34.6 Å². The summed E-state index contributed by atoms with van der Waals surface area (Å²) in [6, 6.07) is 10.1. The smallest absolute Gasteiger partial charge is 0.304 e. The average Bonchev–Trinajstić information content (AvgIpc) is 2.53. The van der Waals surface area contributed by atoms with Crippen LogP contribution in [0.2, 0.25) is 0 Å². The molecule has 21 heavy (non-hydrogen) atoms. The van der Waals surface area contributed by atoms with E-state index in [1.54, 1.807) is 12.4 Å². The maximum absolute atomic E-state index is 11.2. The Bertz CT molecular complexity index is 640. The molecule has 108 valence electrons. The number of aromatic nitrogens is 1. The number of benzene rings is 1. The van der Waals surface area contributed by atoms with Crippen LogP contribution in [-0.2, 0) is 17.8 Å². The third-order valence-corrected chi connectivity index (χ3v) is 4.01. The van der Waals surface area contributed by atoms with Gasteiger partial charge in [0, 0.05) is 24.9 Å². The standard InChI is InChI=1S/C17H18N2O2/c20-17(21)10-16(13-4-6-18-7-5-13)14-2-1-12-3-8-19-11-15(12)9-14/h1-2,4-7,9,16,19H,3,8,10-11H2,(H,20,21). The maximum atomic E-state index is 11.2. The predicted molar refractivity (Wildman–Crippen MR) is 80.2 cm³/mol. The second kappa shape index (κ2) is 6.06. The summed E-state index contributed by atoms with van der Waals surface area (Å²) in [4.78, 5) is 15.2. The van der Waals surface area contributed by atoms with Crippen LogP contribution in [0.25, 0.3) is 0 Å². The number of carboxylic acid groups (broad SMARTS) is 1. The van der Waals surface area contributed by atoms with Gasteiger partial charge >= 0.3 is 5.97 Å². The summed E-state index contributed by atoms with van der Waals surface area (Å²) >= 11 is 0. The van der Waals surface area contributed by atoms with Crippen molar-refractivity contribution in [2.45, 2.75) is 25.3 Å². The van der Waals surface area contributed by atoms with E-state index in [2.05, 4.69) is 28.5 Å². The Kier molecular flexibility index (Phi) is 3.97. The van der Waals surface area contributed by atoms with Gasteiger partial charge < -0.3 is 10.4 Å². The molecule has 1 aromatic heterocycles. The van der Waals surface area contributed by atoms with Crippen molar-refractivity contribution in [1.82, 2.24) is 10.3 Å². The molecule has 4 heteroatoms. The van der Waals surface area contributed by atoms with Gasteiger partial charge in [0.05, 0.1) is 6.42 Å². The van der Waals surface area contributed by atoms with Crippen molar-refractivity contribution in [3.63, 3.8) is 0 Å². The van der Waals surface area contributed by atoms with Gasteiger partial charge in [0.1, 0.15) is 0 Å². The second-order valence-electron chi connectivity index (χ2n) is 5.39. The molecular formula is C17H18N2O2. The van der Waals surface area contributed by atoms with Crippen molar-refractivity contribution in [3.05, 3.63) is 65.0 Å². The van der Waals surface area contributed by atoms with Crippen molar-refractivity contribution in [3.8, 4) is 0 Å². The van der Waals surface area contributed by atoms with Crippen LogP contribution in [0.5, 0.6) is 0 Å². The zero-order valence-electron chi connectivity index (χ0n) is 11.7. The van der Waals surface area contributed by atoms with Crippen molar-refractivity contribution in [1.29, 1.82) is 0 Å². The van der Waals surface area contributed by atoms with E-state index < -0.39 is 5.97 Å². The Balaban J connectivity index is 1.98. The number of carboxylic acids is 1. The number of aliphatic carboxylic acids is 1. The minimum atomic E-state index is -0.785. The molecule has 2 heterocycles. The molecule has 0 bridgehead atoms. The van der Waals surface area contributed by atoms with E-state index in [0.29, 0.717) is 0 Å². The van der Waals surface area contributed by atoms with Crippen LogP contribution in [0.15, 0.2) is 42.7 Å². The Morgan fingerprint density at radius 3 is 2.76 bits per heavy atom. The molecule has 4 nitrogen and oxygen atoms in total. The molecule has 0 aliphatic carbocycles. The summed E-state index contributed by atoms with van der Waals surface area (Å²) in [6.07, 6.45) is 4.55. The summed E-state index contributed by atoms with van der Waals surface area (Å²) in [5, 5.41) is 12.6. The van der Waals surface area contributed by atoms with Crippen molar-refractivity contribution < 1.29 is 9.90 Å². The van der Waals surface area contributed by atoms with E-state index in [1.807, 2.05) is 12.1 Å². The van der Waals surface area contributed by atoms with Gasteiger partial charge in [0.15, 0.2) is 0 Å². The van der Waals surface area contributed by atoms with Gasteiger partial charge in [-0.15, -0.1) is 0 Å². The molecule has 0 fully saturated rings. The number of nitrogens with one attached hydrogen (secondary N) is 1. The summed E-state index contributed by atoms with van der Waals surface area (Å²) in [7, 11) is 0. The highest BCUT2D eigenvalue weighted by atomic mass is 16.4. The Morgan fingerprint density at radius 2 is 2.00 bits per heavy atom. The topological polar surface area (TPSA) is 62.2 Å². The van der Waals surface area contributed by atoms with Crippen LogP contribution < -0.4 is 5.32 Å². The van der Waals surface area contributed by atoms with Gasteiger partial charge in [-0.25, -0.2) is 0 Å². The van der Waals surface area contributed by atoms with Gasteiger partial charge in [-0.2, -0.15) is 0 Å². The van der Waals surface area contributed by atoms with Gasteiger partial charge in [-0.3, -0.25) is 9.78 Å². The van der Waals surface area contributed by atoms with E-state index in [4.69, 9.17) is 0 Å². The van der Waals surface area contributed by atoms with Crippen LogP contribution >= 0.6 is 0 Å². The molecule has 3 rings (SSSR count). The highest BCUT2D eigenvalue weighted by molar-refractivity contribution is 5.69. The summed E-state index contributed by atoms with van der Waals surface area (Å²) < 4.78 is 0. The Labute approximate surface area is 123 Å². The molecule has 0 radical (unpaired) electrons. The first-order chi connectivity index (χ1) is 10.2. The highest BCUT2D eigenvalue weighted by Gasteiger charge is 2.19. The lowest BCUT2D eigenvalue weighted by Gasteiger charge is -2.21. The number of nitrogens with zero attached hydrogens (tertiary/aromatic N) is 1. The summed E-state index contributed by atoms with van der Waals surface area (Å²) in [6.45, 7) is 1.87. The van der Waals surface area contributed by atoms with Crippen LogP contribution in [-0.4, -0.2) is 22.6 Å². The molecule has 0 saturated heterocycles. The van der Waals surface area contributed by atoms with E-state index in [1.165, 1.54) is 11.1 Å². The van der Waals surface area contributed by atoms with Crippen molar-refractivity contribution >= 4 is 5.97 Å². The molecule has 0 amide bonds. The summed E-state index contributed by atoms with van der Waals surface area (Å²) in [5.41, 5.74) is 4.70. The van der Waals surface area contributed by atoms with E-state index in [-0.39, 0.29) is 12.3 Å². The molecule has 1 aliphatic rings. The number of hydrogen-bond donors (Lipinski definition) is 2. The minimum absolute atomic E-state index is 0.0935. The van der Waals surface area contributed by atoms with Gasteiger partial charge in [-0.1, -0.05) is 18.2 Å². The second-order valence-corrected chi connectivity index (χ2v) is 5.39. The normalized spacial score (nSPS) is 15.2. The predicted octanol–water partition coefficient (Wildman–Crippen LogP) is 2.33. The third kappa shape index (κ3) is 3.11. The molecule has 2 aromatic rings. The van der Waals surface area contributed by atoms with E-state index in [0.717, 1.165) is 30.6 Å². The number of carbonyl (C=O) groups is 1. The Hall–Kier alpha value is -2.20. The monoisotopic (exact) mass is 282 g/mol. The minimum Gasteiger partial charge on any atom is -0.481 e. The molecule has 2 N–H and O–H groups in total. The van der Waals surface area contributed by atoms with Crippen LogP contribution in [0, 0.1) is 0 Å². The fourth-order valence-electron chi connectivity index (χ4n) is 2.92. The third-order valence-electron chi connectivity index (χ3n) is 4.01. The summed E-state index contributed by atoms with van der Waals surface area (Å²) in [5.74, 6) is -0.912. The van der Waals surface area contributed by atoms with Crippen molar-refractivity contribution in [2.24, 2.45) is 0 Å². The van der Waals surface area contributed by atoms with Gasteiger partial charge in [-0.05, 0) is 47.4 Å². The van der Waals surface area contributed by atoms with Gasteiger partial charge in [0.25, 0.3) is 0 Å². The largest absolute Gasteiger partial charge is 0.481 e. The maximum Gasteiger partial charge on any atom is 0.304 e. The number of hydrogen-bond acceptors (Lipinski definition) is 3. The fraction of sp³-hybridized carbons (Fsp3) is 0.294. The molecule has 1 atom stereocenters. The number of fused-ring (bicyclic) bond motifs is 1. The van der Waals surface area contributed by atoms with Crippen LogP contribution in [0.3, 0.4) is 0 Å². The lowest BCUT2D eigenvalue weighted by Crippen LogP contribution is -2.23. The van der Waals surface area contributed by atoms with Crippen LogP contribution in [0.4, 0.5) is 0 Å². The molecule has 1 aromatic carbocycles.